The Morgan fingerprint density at radius 3 is 2.70 bits per heavy atom. The van der Waals surface area contributed by atoms with Gasteiger partial charge < -0.3 is 4.74 Å². The summed E-state index contributed by atoms with van der Waals surface area (Å²) in [5.41, 5.74) is 1.28. The smallest absolute Gasteiger partial charge is 0.156 e. The fraction of sp³-hybridized carbons (Fsp3) is 0.389. The van der Waals surface area contributed by atoms with Gasteiger partial charge in [0, 0.05) is 25.0 Å². The van der Waals surface area contributed by atoms with E-state index in [0.717, 1.165) is 13.1 Å². The van der Waals surface area contributed by atoms with Crippen LogP contribution >= 0.6 is 23.2 Å². The number of piperidine rings is 1. The van der Waals surface area contributed by atoms with Gasteiger partial charge in [0.2, 0.25) is 0 Å². The molecule has 0 radical (unpaired) electrons. The van der Waals surface area contributed by atoms with E-state index in [1.165, 1.54) is 24.8 Å². The van der Waals surface area contributed by atoms with Crippen molar-refractivity contribution in [3.63, 3.8) is 0 Å². The van der Waals surface area contributed by atoms with Crippen molar-refractivity contribution < 1.29 is 4.74 Å². The Kier molecular flexibility index (Phi) is 5.76. The molecule has 3 rings (SSSR count). The Morgan fingerprint density at radius 2 is 1.96 bits per heavy atom. The van der Waals surface area contributed by atoms with Gasteiger partial charge in [0.15, 0.2) is 5.75 Å². The van der Waals surface area contributed by atoms with Crippen molar-refractivity contribution in [2.45, 2.75) is 25.3 Å². The maximum absolute atomic E-state index is 6.14. The van der Waals surface area contributed by atoms with Gasteiger partial charge in [0.25, 0.3) is 0 Å². The third-order valence-corrected chi connectivity index (χ3v) is 4.82. The number of rotatable bonds is 5. The Labute approximate surface area is 147 Å². The van der Waals surface area contributed by atoms with Crippen LogP contribution in [0.5, 0.6) is 5.75 Å². The first kappa shape index (κ1) is 16.6. The molecule has 1 aliphatic heterocycles. The summed E-state index contributed by atoms with van der Waals surface area (Å²) in [4.78, 5) is 6.72. The number of ether oxygens (including phenoxy) is 1. The van der Waals surface area contributed by atoms with Crippen molar-refractivity contribution in [2.24, 2.45) is 0 Å². The lowest BCUT2D eigenvalue weighted by Crippen LogP contribution is -2.36. The van der Waals surface area contributed by atoms with Crippen LogP contribution in [0.25, 0.3) is 0 Å². The Morgan fingerprint density at radius 1 is 1.13 bits per heavy atom. The molecular formula is C18H20Cl2N2O. The number of hydrogen-bond acceptors (Lipinski definition) is 3. The molecule has 1 aliphatic rings. The van der Waals surface area contributed by atoms with Crippen molar-refractivity contribution in [2.75, 3.05) is 19.7 Å². The predicted molar refractivity (Wildman–Crippen MR) is 94.4 cm³/mol. The van der Waals surface area contributed by atoms with E-state index in [1.54, 1.807) is 12.1 Å². The third-order valence-electron chi connectivity index (χ3n) is 4.23. The van der Waals surface area contributed by atoms with Crippen molar-refractivity contribution in [1.82, 2.24) is 9.88 Å². The summed E-state index contributed by atoms with van der Waals surface area (Å²) in [5.74, 6) is 0.575. The maximum Gasteiger partial charge on any atom is 0.156 e. The Bertz CT molecular complexity index is 616. The molecule has 0 saturated carbocycles. The highest BCUT2D eigenvalue weighted by Crippen LogP contribution is 2.33. The van der Waals surface area contributed by atoms with Crippen molar-refractivity contribution in [3.8, 4) is 5.75 Å². The highest BCUT2D eigenvalue weighted by Gasteiger charge is 2.23. The van der Waals surface area contributed by atoms with Crippen LogP contribution in [0.15, 0.2) is 42.7 Å². The summed E-state index contributed by atoms with van der Waals surface area (Å²) >= 11 is 12.3. The normalized spacial score (nSPS) is 18.8. The monoisotopic (exact) mass is 350 g/mol. The first-order valence-corrected chi connectivity index (χ1v) is 8.72. The van der Waals surface area contributed by atoms with E-state index in [0.29, 0.717) is 28.4 Å². The highest BCUT2D eigenvalue weighted by atomic mass is 35.5. The van der Waals surface area contributed by atoms with E-state index in [1.807, 2.05) is 24.5 Å². The number of para-hydroxylation sites is 1. The average molecular weight is 351 g/mol. The lowest BCUT2D eigenvalue weighted by Gasteiger charge is -2.35. The molecule has 1 fully saturated rings. The summed E-state index contributed by atoms with van der Waals surface area (Å²) in [7, 11) is 0. The van der Waals surface area contributed by atoms with E-state index >= 15 is 0 Å². The lowest BCUT2D eigenvalue weighted by molar-refractivity contribution is 0.123. The van der Waals surface area contributed by atoms with Gasteiger partial charge in [0.05, 0.1) is 10.0 Å². The van der Waals surface area contributed by atoms with Crippen LogP contribution in [0.3, 0.4) is 0 Å². The second kappa shape index (κ2) is 8.00. The van der Waals surface area contributed by atoms with E-state index in [4.69, 9.17) is 27.9 Å². The molecule has 1 aromatic carbocycles. The number of nitrogens with zero attached hydrogens (tertiary/aromatic N) is 2. The zero-order chi connectivity index (χ0) is 16.1. The summed E-state index contributed by atoms with van der Waals surface area (Å²) in [5, 5.41) is 1.11. The second-order valence-corrected chi connectivity index (χ2v) is 6.55. The van der Waals surface area contributed by atoms with Crippen LogP contribution < -0.4 is 4.74 Å². The Hall–Kier alpha value is -1.29. The van der Waals surface area contributed by atoms with Crippen molar-refractivity contribution in [3.05, 3.63) is 58.3 Å². The summed E-state index contributed by atoms with van der Waals surface area (Å²) in [6.45, 7) is 2.50. The number of halogens is 2. The quantitative estimate of drug-likeness (QED) is 0.758. The fourth-order valence-corrected chi connectivity index (χ4v) is 3.60. The molecular weight excluding hydrogens is 331 g/mol. The molecule has 1 saturated heterocycles. The van der Waals surface area contributed by atoms with Gasteiger partial charge in [0.1, 0.15) is 6.61 Å². The summed E-state index contributed by atoms with van der Waals surface area (Å²) in [6, 6.07) is 9.98. The minimum atomic E-state index is 0.419. The molecule has 5 heteroatoms. The number of likely N-dealkylation sites (tertiary alicyclic amines) is 1. The third kappa shape index (κ3) is 4.17. The number of hydrogen-bond donors (Lipinski definition) is 0. The van der Waals surface area contributed by atoms with Gasteiger partial charge in [-0.3, -0.25) is 9.88 Å². The van der Waals surface area contributed by atoms with Crippen LogP contribution in [0, 0.1) is 0 Å². The molecule has 0 spiro atoms. The SMILES string of the molecule is Clc1cccc(Cl)c1OCCN1CCCC[C@H]1c1cccnc1. The zero-order valence-corrected chi connectivity index (χ0v) is 14.4. The molecule has 2 aromatic rings. The zero-order valence-electron chi connectivity index (χ0n) is 12.9. The number of aromatic nitrogens is 1. The first-order valence-electron chi connectivity index (χ1n) is 7.96. The van der Waals surface area contributed by atoms with Gasteiger partial charge in [-0.25, -0.2) is 0 Å². The van der Waals surface area contributed by atoms with Gasteiger partial charge in [-0.05, 0) is 43.1 Å². The first-order chi connectivity index (χ1) is 11.3. The molecule has 23 heavy (non-hydrogen) atoms. The van der Waals surface area contributed by atoms with Crippen LogP contribution in [0.1, 0.15) is 30.9 Å². The molecule has 0 amide bonds. The minimum absolute atomic E-state index is 0.419. The van der Waals surface area contributed by atoms with Crippen LogP contribution in [0.2, 0.25) is 10.0 Å². The van der Waals surface area contributed by atoms with Gasteiger partial charge in [-0.2, -0.15) is 0 Å². The molecule has 122 valence electrons. The number of pyridine rings is 1. The highest BCUT2D eigenvalue weighted by molar-refractivity contribution is 6.37. The predicted octanol–water partition coefficient (Wildman–Crippen LogP) is 4.99. The summed E-state index contributed by atoms with van der Waals surface area (Å²) in [6.07, 6.45) is 7.43. The number of benzene rings is 1. The maximum atomic E-state index is 6.14. The standard InChI is InChI=1S/C18H20Cl2N2O/c19-15-6-3-7-16(20)18(15)23-12-11-22-10-2-1-8-17(22)14-5-4-9-21-13-14/h3-7,9,13,17H,1-2,8,10-12H2/t17-/m0/s1. The van der Waals surface area contributed by atoms with Crippen molar-refractivity contribution in [1.29, 1.82) is 0 Å². The van der Waals surface area contributed by atoms with Gasteiger partial charge in [-0.1, -0.05) is 41.8 Å². The molecule has 1 aromatic heterocycles. The molecule has 0 unspecified atom stereocenters. The molecule has 2 heterocycles. The Balaban J connectivity index is 1.62. The van der Waals surface area contributed by atoms with Crippen LogP contribution in [-0.2, 0) is 0 Å². The molecule has 3 nitrogen and oxygen atoms in total. The molecule has 0 bridgehead atoms. The minimum Gasteiger partial charge on any atom is -0.489 e. The van der Waals surface area contributed by atoms with E-state index in [-0.39, 0.29) is 0 Å². The second-order valence-electron chi connectivity index (χ2n) is 5.73. The molecule has 1 atom stereocenters. The van der Waals surface area contributed by atoms with Crippen LogP contribution in [0.4, 0.5) is 0 Å². The fourth-order valence-electron chi connectivity index (χ4n) is 3.09. The average Bonchev–Trinajstić information content (AvgIpc) is 2.59. The summed E-state index contributed by atoms with van der Waals surface area (Å²) < 4.78 is 5.83. The molecule has 0 aliphatic carbocycles. The van der Waals surface area contributed by atoms with Crippen LogP contribution in [-0.4, -0.2) is 29.6 Å². The van der Waals surface area contributed by atoms with Gasteiger partial charge >= 0.3 is 0 Å². The largest absolute Gasteiger partial charge is 0.489 e. The van der Waals surface area contributed by atoms with Gasteiger partial charge in [-0.15, -0.1) is 0 Å². The lowest BCUT2D eigenvalue weighted by atomic mass is 9.96. The van der Waals surface area contributed by atoms with Crippen molar-refractivity contribution >= 4 is 23.2 Å². The van der Waals surface area contributed by atoms with E-state index in [9.17, 15) is 0 Å². The van der Waals surface area contributed by atoms with E-state index < -0.39 is 0 Å². The molecule has 0 N–H and O–H groups in total. The van der Waals surface area contributed by atoms with E-state index in [2.05, 4.69) is 16.0 Å². The topological polar surface area (TPSA) is 25.4 Å².